The summed E-state index contributed by atoms with van der Waals surface area (Å²) in [7, 11) is 3.51. The molecule has 0 unspecified atom stereocenters. The highest BCUT2D eigenvalue weighted by atomic mass is 16.5. The largest absolute Gasteiger partial charge is 0.476 e. The van der Waals surface area contributed by atoms with Crippen molar-refractivity contribution < 1.29 is 4.74 Å². The van der Waals surface area contributed by atoms with Gasteiger partial charge in [0.15, 0.2) is 5.82 Å². The van der Waals surface area contributed by atoms with E-state index in [2.05, 4.69) is 27.5 Å². The van der Waals surface area contributed by atoms with Gasteiger partial charge in [-0.15, -0.1) is 0 Å². The van der Waals surface area contributed by atoms with E-state index in [1.807, 2.05) is 0 Å². The van der Waals surface area contributed by atoms with Gasteiger partial charge in [-0.2, -0.15) is 9.97 Å². The van der Waals surface area contributed by atoms with Crippen molar-refractivity contribution in [1.29, 1.82) is 0 Å². The van der Waals surface area contributed by atoms with Crippen molar-refractivity contribution in [3.63, 3.8) is 0 Å². The van der Waals surface area contributed by atoms with Gasteiger partial charge in [0.25, 0.3) is 0 Å². The van der Waals surface area contributed by atoms with E-state index in [1.54, 1.807) is 14.1 Å². The average Bonchev–Trinajstić information content (AvgIpc) is 2.31. The third-order valence-corrected chi connectivity index (χ3v) is 2.11. The maximum atomic E-state index is 5.86. The molecule has 0 aliphatic heterocycles. The number of ether oxygens (including phenoxy) is 1. The smallest absolute Gasteiger partial charge is 0.244 e. The molecule has 0 atom stereocenters. The molecular weight excluding hydrogens is 206 g/mol. The topological polar surface area (TPSA) is 85.1 Å². The van der Waals surface area contributed by atoms with Gasteiger partial charge in [-0.25, -0.2) is 0 Å². The Bertz CT molecular complexity index is 342. The zero-order valence-electron chi connectivity index (χ0n) is 10.0. The summed E-state index contributed by atoms with van der Waals surface area (Å²) in [5.74, 6) is 1.49. The fourth-order valence-corrected chi connectivity index (χ4v) is 1.17. The molecule has 4 N–H and O–H groups in total. The van der Waals surface area contributed by atoms with E-state index in [-0.39, 0.29) is 0 Å². The number of nitrogens with two attached hydrogens (primary N) is 1. The van der Waals surface area contributed by atoms with Crippen LogP contribution in [0.5, 0.6) is 5.88 Å². The minimum Gasteiger partial charge on any atom is -0.476 e. The van der Waals surface area contributed by atoms with E-state index in [9.17, 15) is 0 Å². The van der Waals surface area contributed by atoms with Crippen LogP contribution >= 0.6 is 0 Å². The van der Waals surface area contributed by atoms with Crippen molar-refractivity contribution in [3.8, 4) is 5.88 Å². The molecule has 1 aromatic rings. The van der Waals surface area contributed by atoms with Crippen LogP contribution in [0.15, 0.2) is 0 Å². The van der Waals surface area contributed by atoms with Crippen LogP contribution in [-0.4, -0.2) is 30.7 Å². The van der Waals surface area contributed by atoms with Crippen LogP contribution in [0.2, 0.25) is 0 Å². The van der Waals surface area contributed by atoms with E-state index in [4.69, 9.17) is 10.5 Å². The number of hydrogen-bond acceptors (Lipinski definition) is 6. The first kappa shape index (κ1) is 12.4. The highest BCUT2D eigenvalue weighted by Crippen LogP contribution is 2.27. The van der Waals surface area contributed by atoms with Crippen LogP contribution in [0.1, 0.15) is 19.8 Å². The number of aromatic nitrogens is 2. The van der Waals surface area contributed by atoms with Crippen LogP contribution < -0.4 is 21.1 Å². The molecule has 0 aliphatic carbocycles. The van der Waals surface area contributed by atoms with Crippen molar-refractivity contribution >= 4 is 17.5 Å². The van der Waals surface area contributed by atoms with Crippen LogP contribution in [-0.2, 0) is 0 Å². The molecule has 16 heavy (non-hydrogen) atoms. The number of nitrogens with zero attached hydrogens (tertiary/aromatic N) is 2. The summed E-state index contributed by atoms with van der Waals surface area (Å²) in [6.45, 7) is 2.72. The second kappa shape index (κ2) is 5.99. The zero-order chi connectivity index (χ0) is 12.0. The highest BCUT2D eigenvalue weighted by Gasteiger charge is 2.11. The third-order valence-electron chi connectivity index (χ3n) is 2.11. The van der Waals surface area contributed by atoms with E-state index >= 15 is 0 Å². The normalized spacial score (nSPS) is 9.94. The van der Waals surface area contributed by atoms with Crippen LogP contribution in [0.4, 0.5) is 17.5 Å². The Kier molecular flexibility index (Phi) is 4.63. The maximum absolute atomic E-state index is 5.86. The first-order valence-corrected chi connectivity index (χ1v) is 5.38. The van der Waals surface area contributed by atoms with Crippen molar-refractivity contribution in [3.05, 3.63) is 0 Å². The first-order valence-electron chi connectivity index (χ1n) is 5.38. The minimum atomic E-state index is 0.428. The van der Waals surface area contributed by atoms with Crippen molar-refractivity contribution in [2.24, 2.45) is 0 Å². The molecule has 0 aromatic carbocycles. The second-order valence-corrected chi connectivity index (χ2v) is 3.32. The summed E-state index contributed by atoms with van der Waals surface area (Å²) >= 11 is 0. The van der Waals surface area contributed by atoms with Crippen LogP contribution in [0.3, 0.4) is 0 Å². The molecule has 0 bridgehead atoms. The Labute approximate surface area is 95.6 Å². The number of anilines is 3. The molecule has 1 aromatic heterocycles. The lowest BCUT2D eigenvalue weighted by molar-refractivity contribution is 0.299. The van der Waals surface area contributed by atoms with Gasteiger partial charge in [-0.3, -0.25) is 0 Å². The summed E-state index contributed by atoms with van der Waals surface area (Å²) in [4.78, 5) is 8.32. The molecule has 0 radical (unpaired) electrons. The molecule has 0 saturated heterocycles. The molecule has 0 fully saturated rings. The summed E-state index contributed by atoms with van der Waals surface area (Å²) < 4.78 is 5.51. The van der Waals surface area contributed by atoms with Crippen molar-refractivity contribution in [2.45, 2.75) is 19.8 Å². The summed E-state index contributed by atoms with van der Waals surface area (Å²) in [6, 6.07) is 0. The van der Waals surface area contributed by atoms with Gasteiger partial charge >= 0.3 is 0 Å². The standard InChI is InChI=1S/C10H19N5O/c1-4-5-6-16-9-7(11)8(12-2)14-10(13-3)15-9/h4-6,11H2,1-3H3,(H2,12,13,14,15). The molecule has 1 rings (SSSR count). The molecule has 0 spiro atoms. The fraction of sp³-hybridized carbons (Fsp3) is 0.600. The van der Waals surface area contributed by atoms with E-state index in [1.165, 1.54) is 0 Å². The van der Waals surface area contributed by atoms with Gasteiger partial charge in [0.2, 0.25) is 11.8 Å². The van der Waals surface area contributed by atoms with Crippen molar-refractivity contribution in [2.75, 3.05) is 37.1 Å². The van der Waals surface area contributed by atoms with E-state index < -0.39 is 0 Å². The highest BCUT2D eigenvalue weighted by molar-refractivity contribution is 5.68. The quantitative estimate of drug-likeness (QED) is 0.633. The molecule has 6 heteroatoms. The SMILES string of the molecule is CCCCOc1nc(NC)nc(NC)c1N. The number of nitrogen functional groups attached to an aromatic ring is 1. The molecular formula is C10H19N5O. The lowest BCUT2D eigenvalue weighted by atomic mass is 10.4. The maximum Gasteiger partial charge on any atom is 0.244 e. The van der Waals surface area contributed by atoms with Gasteiger partial charge in [0, 0.05) is 14.1 Å². The summed E-state index contributed by atoms with van der Waals surface area (Å²) in [5.41, 5.74) is 6.30. The third kappa shape index (κ3) is 2.88. The molecule has 1 heterocycles. The van der Waals surface area contributed by atoms with Gasteiger partial charge in [-0.05, 0) is 6.42 Å². The number of unbranched alkanes of at least 4 members (excludes halogenated alkanes) is 1. The summed E-state index contributed by atoms with van der Waals surface area (Å²) in [6.07, 6.45) is 2.05. The van der Waals surface area contributed by atoms with Gasteiger partial charge in [0.05, 0.1) is 6.61 Å². The van der Waals surface area contributed by atoms with Gasteiger partial charge in [0.1, 0.15) is 5.69 Å². The second-order valence-electron chi connectivity index (χ2n) is 3.32. The van der Waals surface area contributed by atoms with E-state index in [0.717, 1.165) is 12.8 Å². The average molecular weight is 225 g/mol. The molecule has 90 valence electrons. The van der Waals surface area contributed by atoms with Gasteiger partial charge in [-0.1, -0.05) is 13.3 Å². The predicted molar refractivity (Wildman–Crippen MR) is 65.9 cm³/mol. The predicted octanol–water partition coefficient (Wildman–Crippen LogP) is 1.32. The Morgan fingerprint density at radius 2 is 2.00 bits per heavy atom. The Balaban J connectivity index is 2.88. The lowest BCUT2D eigenvalue weighted by Gasteiger charge is -2.12. The Hall–Kier alpha value is -1.72. The minimum absolute atomic E-state index is 0.428. The fourth-order valence-electron chi connectivity index (χ4n) is 1.17. The number of rotatable bonds is 6. The summed E-state index contributed by atoms with van der Waals surface area (Å²) in [5, 5.41) is 5.77. The van der Waals surface area contributed by atoms with Gasteiger partial charge < -0.3 is 21.1 Å². The number of hydrogen-bond donors (Lipinski definition) is 3. The van der Waals surface area contributed by atoms with Crippen LogP contribution in [0, 0.1) is 0 Å². The van der Waals surface area contributed by atoms with E-state index in [0.29, 0.717) is 29.9 Å². The molecule has 6 nitrogen and oxygen atoms in total. The Morgan fingerprint density at radius 3 is 2.56 bits per heavy atom. The first-order chi connectivity index (χ1) is 7.72. The lowest BCUT2D eigenvalue weighted by Crippen LogP contribution is -2.09. The zero-order valence-corrected chi connectivity index (χ0v) is 10.0. The monoisotopic (exact) mass is 225 g/mol. The Morgan fingerprint density at radius 1 is 1.25 bits per heavy atom. The molecule has 0 aliphatic rings. The van der Waals surface area contributed by atoms with Crippen LogP contribution in [0.25, 0.3) is 0 Å². The van der Waals surface area contributed by atoms with Crippen molar-refractivity contribution in [1.82, 2.24) is 9.97 Å². The molecule has 0 saturated carbocycles. The number of nitrogens with one attached hydrogen (secondary N) is 2. The molecule has 0 amide bonds.